The zero-order valence-electron chi connectivity index (χ0n) is 15.5. The Kier molecular flexibility index (Phi) is 3.90. The number of rotatable bonds is 4. The summed E-state index contributed by atoms with van der Waals surface area (Å²) >= 11 is 0. The quantitative estimate of drug-likeness (QED) is 0.783. The fourth-order valence-electron chi connectivity index (χ4n) is 3.45. The van der Waals surface area contributed by atoms with Gasteiger partial charge >= 0.3 is 0 Å². The van der Waals surface area contributed by atoms with Crippen molar-refractivity contribution in [2.24, 2.45) is 13.0 Å². The van der Waals surface area contributed by atoms with Crippen molar-refractivity contribution in [1.29, 1.82) is 0 Å². The summed E-state index contributed by atoms with van der Waals surface area (Å²) in [6, 6.07) is 11.9. The third-order valence-electron chi connectivity index (χ3n) is 5.20. The molecule has 6 nitrogen and oxygen atoms in total. The van der Waals surface area contributed by atoms with Crippen LogP contribution in [0.5, 0.6) is 0 Å². The molecule has 1 aliphatic rings. The van der Waals surface area contributed by atoms with Crippen molar-refractivity contribution in [3.05, 3.63) is 59.0 Å². The molecule has 1 aliphatic carbocycles. The van der Waals surface area contributed by atoms with Crippen LogP contribution in [0.3, 0.4) is 0 Å². The first-order valence-electron chi connectivity index (χ1n) is 8.92. The van der Waals surface area contributed by atoms with Crippen molar-refractivity contribution in [3.8, 4) is 5.69 Å². The van der Waals surface area contributed by atoms with E-state index in [9.17, 15) is 4.79 Å². The van der Waals surface area contributed by atoms with E-state index in [2.05, 4.69) is 17.3 Å². The Morgan fingerprint density at radius 3 is 2.46 bits per heavy atom. The fourth-order valence-corrected chi connectivity index (χ4v) is 3.45. The minimum absolute atomic E-state index is 0.152. The standard InChI is InChI=1S/C20H23N5O/c1-12-10-16(12)17-11-18(25(23-17)15-8-6-5-7-9-15)21-20(26)19-13(2)22-24(4)14(19)3/h5-9,11-12,16H,10H2,1-4H3,(H,21,26)/t12-,16+/m0/s1. The van der Waals surface area contributed by atoms with Gasteiger partial charge in [0.1, 0.15) is 5.82 Å². The molecule has 0 saturated heterocycles. The van der Waals surface area contributed by atoms with Gasteiger partial charge in [-0.05, 0) is 38.3 Å². The topological polar surface area (TPSA) is 64.7 Å². The SMILES string of the molecule is Cc1nn(C)c(C)c1C(=O)Nc1cc([C@@H]2C[C@@H]2C)nn1-c1ccccc1. The summed E-state index contributed by atoms with van der Waals surface area (Å²) in [7, 11) is 1.85. The Morgan fingerprint density at radius 1 is 1.19 bits per heavy atom. The first kappa shape index (κ1) is 16.6. The second kappa shape index (κ2) is 6.12. The Morgan fingerprint density at radius 2 is 1.88 bits per heavy atom. The van der Waals surface area contributed by atoms with Gasteiger partial charge in [0.2, 0.25) is 0 Å². The van der Waals surface area contributed by atoms with Gasteiger partial charge in [-0.1, -0.05) is 25.1 Å². The minimum atomic E-state index is -0.152. The van der Waals surface area contributed by atoms with Crippen LogP contribution < -0.4 is 5.32 Å². The third-order valence-corrected chi connectivity index (χ3v) is 5.20. The number of nitrogens with zero attached hydrogens (tertiary/aromatic N) is 4. The van der Waals surface area contributed by atoms with Gasteiger partial charge < -0.3 is 5.32 Å². The summed E-state index contributed by atoms with van der Waals surface area (Å²) in [4.78, 5) is 12.9. The number of nitrogens with one attached hydrogen (secondary N) is 1. The summed E-state index contributed by atoms with van der Waals surface area (Å²) in [5, 5.41) is 12.2. The van der Waals surface area contributed by atoms with E-state index >= 15 is 0 Å². The first-order valence-corrected chi connectivity index (χ1v) is 8.92. The van der Waals surface area contributed by atoms with Gasteiger partial charge in [-0.2, -0.15) is 10.2 Å². The molecule has 2 atom stereocenters. The minimum Gasteiger partial charge on any atom is -0.306 e. The second-order valence-corrected chi connectivity index (χ2v) is 7.14. The second-order valence-electron chi connectivity index (χ2n) is 7.14. The lowest BCUT2D eigenvalue weighted by Gasteiger charge is -2.09. The maximum atomic E-state index is 12.9. The third kappa shape index (κ3) is 2.81. The largest absolute Gasteiger partial charge is 0.306 e. The van der Waals surface area contributed by atoms with Gasteiger partial charge in [0.05, 0.1) is 22.6 Å². The summed E-state index contributed by atoms with van der Waals surface area (Å²) in [5.74, 6) is 1.68. The molecule has 134 valence electrons. The summed E-state index contributed by atoms with van der Waals surface area (Å²) < 4.78 is 3.55. The van der Waals surface area contributed by atoms with Gasteiger partial charge in [0.25, 0.3) is 5.91 Å². The van der Waals surface area contributed by atoms with E-state index in [1.54, 1.807) is 4.68 Å². The molecule has 2 heterocycles. The smallest absolute Gasteiger partial charge is 0.260 e. The van der Waals surface area contributed by atoms with Crippen LogP contribution in [0.4, 0.5) is 5.82 Å². The van der Waals surface area contributed by atoms with Crippen molar-refractivity contribution >= 4 is 11.7 Å². The molecule has 0 radical (unpaired) electrons. The Hall–Kier alpha value is -2.89. The number of hydrogen-bond donors (Lipinski definition) is 1. The maximum Gasteiger partial charge on any atom is 0.260 e. The Labute approximate surface area is 152 Å². The van der Waals surface area contributed by atoms with Crippen LogP contribution in [0.25, 0.3) is 5.69 Å². The number of aromatic nitrogens is 4. The van der Waals surface area contributed by atoms with Crippen LogP contribution in [-0.2, 0) is 7.05 Å². The Balaban J connectivity index is 1.71. The van der Waals surface area contributed by atoms with E-state index in [1.165, 1.54) is 0 Å². The van der Waals surface area contributed by atoms with Gasteiger partial charge in [-0.15, -0.1) is 0 Å². The van der Waals surface area contributed by atoms with Crippen LogP contribution in [-0.4, -0.2) is 25.5 Å². The highest BCUT2D eigenvalue weighted by molar-refractivity contribution is 6.05. The number of amides is 1. The maximum absolute atomic E-state index is 12.9. The average Bonchev–Trinajstić information content (AvgIpc) is 3.10. The zero-order valence-corrected chi connectivity index (χ0v) is 15.5. The number of aryl methyl sites for hydroxylation is 2. The number of benzene rings is 1. The molecule has 0 bridgehead atoms. The lowest BCUT2D eigenvalue weighted by atomic mass is 10.2. The molecule has 0 spiro atoms. The highest BCUT2D eigenvalue weighted by Crippen LogP contribution is 2.47. The van der Waals surface area contributed by atoms with Crippen LogP contribution in [0.15, 0.2) is 36.4 Å². The fraction of sp³-hybridized carbons (Fsp3) is 0.350. The number of hydrogen-bond acceptors (Lipinski definition) is 3. The molecular formula is C20H23N5O. The average molecular weight is 349 g/mol. The summed E-state index contributed by atoms with van der Waals surface area (Å²) in [6.07, 6.45) is 1.15. The first-order chi connectivity index (χ1) is 12.5. The van der Waals surface area contributed by atoms with Crippen molar-refractivity contribution in [3.63, 3.8) is 0 Å². The molecule has 0 aliphatic heterocycles. The molecule has 0 unspecified atom stereocenters. The molecule has 1 N–H and O–H groups in total. The van der Waals surface area contributed by atoms with Crippen molar-refractivity contribution < 1.29 is 4.79 Å². The van der Waals surface area contributed by atoms with E-state index in [4.69, 9.17) is 5.10 Å². The Bertz CT molecular complexity index is 970. The summed E-state index contributed by atoms with van der Waals surface area (Å²) in [5.41, 5.74) is 4.17. The number of para-hydroxylation sites is 1. The van der Waals surface area contributed by atoms with Crippen molar-refractivity contribution in [1.82, 2.24) is 19.6 Å². The lowest BCUT2D eigenvalue weighted by Crippen LogP contribution is -2.16. The van der Waals surface area contributed by atoms with Crippen molar-refractivity contribution in [2.45, 2.75) is 33.1 Å². The molecule has 3 aromatic rings. The lowest BCUT2D eigenvalue weighted by molar-refractivity contribution is 0.102. The summed E-state index contributed by atoms with van der Waals surface area (Å²) in [6.45, 7) is 5.99. The number of carbonyl (C=O) groups is 1. The highest BCUT2D eigenvalue weighted by Gasteiger charge is 2.37. The molecule has 26 heavy (non-hydrogen) atoms. The zero-order chi connectivity index (χ0) is 18.4. The molecule has 1 fully saturated rings. The molecular weight excluding hydrogens is 326 g/mol. The molecule has 1 aromatic carbocycles. The predicted octanol–water partition coefficient (Wildman–Crippen LogP) is 3.60. The van der Waals surface area contributed by atoms with Gasteiger partial charge in [0.15, 0.2) is 0 Å². The van der Waals surface area contributed by atoms with Crippen LogP contribution in [0.2, 0.25) is 0 Å². The monoisotopic (exact) mass is 349 g/mol. The van der Waals surface area contributed by atoms with Gasteiger partial charge in [-0.3, -0.25) is 9.48 Å². The van der Waals surface area contributed by atoms with E-state index in [-0.39, 0.29) is 5.91 Å². The van der Waals surface area contributed by atoms with E-state index in [0.29, 0.717) is 23.2 Å². The number of anilines is 1. The van der Waals surface area contributed by atoms with Crippen LogP contribution in [0.1, 0.15) is 46.7 Å². The van der Waals surface area contributed by atoms with E-state index in [1.807, 2.05) is 62.0 Å². The van der Waals surface area contributed by atoms with Crippen LogP contribution >= 0.6 is 0 Å². The molecule has 6 heteroatoms. The predicted molar refractivity (Wildman–Crippen MR) is 101 cm³/mol. The van der Waals surface area contributed by atoms with Crippen molar-refractivity contribution in [2.75, 3.05) is 5.32 Å². The van der Waals surface area contributed by atoms with E-state index in [0.717, 1.165) is 29.2 Å². The molecule has 2 aromatic heterocycles. The number of carbonyl (C=O) groups excluding carboxylic acids is 1. The van der Waals surface area contributed by atoms with E-state index < -0.39 is 0 Å². The van der Waals surface area contributed by atoms with Gasteiger partial charge in [-0.25, -0.2) is 4.68 Å². The molecule has 4 rings (SSSR count). The molecule has 1 saturated carbocycles. The highest BCUT2D eigenvalue weighted by atomic mass is 16.1. The van der Waals surface area contributed by atoms with Gasteiger partial charge in [0, 0.05) is 24.7 Å². The normalized spacial score (nSPS) is 18.8. The molecule has 1 amide bonds. The van der Waals surface area contributed by atoms with Crippen LogP contribution in [0, 0.1) is 19.8 Å².